The summed E-state index contributed by atoms with van der Waals surface area (Å²) in [4.78, 5) is 0.203. The van der Waals surface area contributed by atoms with Crippen molar-refractivity contribution >= 4 is 26.0 Å². The van der Waals surface area contributed by atoms with E-state index in [9.17, 15) is 8.42 Å². The Bertz CT molecular complexity index is 213. The van der Waals surface area contributed by atoms with Crippen molar-refractivity contribution in [3.63, 3.8) is 0 Å². The lowest BCUT2D eigenvalue weighted by Crippen LogP contribution is -2.32. The molecule has 0 saturated carbocycles. The molecular weight excluding hydrogens is 242 g/mol. The Morgan fingerprint density at radius 1 is 1.50 bits per heavy atom. The standard InChI is InChI=1S/C7H16BrNO2S/c1-4-5-12(10,11)9(3)6-7(2)8/h7H,4-6H2,1-3H3. The molecular formula is C7H16BrNO2S. The molecule has 0 aromatic rings. The molecule has 0 saturated heterocycles. The normalized spacial score (nSPS) is 15.1. The van der Waals surface area contributed by atoms with E-state index in [0.29, 0.717) is 13.0 Å². The van der Waals surface area contributed by atoms with Crippen molar-refractivity contribution in [1.82, 2.24) is 4.31 Å². The third-order valence-corrected chi connectivity index (χ3v) is 3.76. The van der Waals surface area contributed by atoms with E-state index in [1.807, 2.05) is 13.8 Å². The summed E-state index contributed by atoms with van der Waals surface area (Å²) in [6.45, 7) is 4.32. The summed E-state index contributed by atoms with van der Waals surface area (Å²) in [6.07, 6.45) is 0.670. The van der Waals surface area contributed by atoms with E-state index in [-0.39, 0.29) is 10.6 Å². The lowest BCUT2D eigenvalue weighted by molar-refractivity contribution is 0.473. The minimum absolute atomic E-state index is 0.203. The summed E-state index contributed by atoms with van der Waals surface area (Å²) < 4.78 is 24.1. The first-order valence-corrected chi connectivity index (χ1v) is 6.50. The van der Waals surface area contributed by atoms with Gasteiger partial charge in [-0.15, -0.1) is 0 Å². The molecule has 1 atom stereocenters. The van der Waals surface area contributed by atoms with Crippen LogP contribution < -0.4 is 0 Å². The molecule has 0 spiro atoms. The largest absolute Gasteiger partial charge is 0.213 e. The second-order valence-corrected chi connectivity index (χ2v) is 6.64. The van der Waals surface area contributed by atoms with Crippen LogP contribution in [0.25, 0.3) is 0 Å². The van der Waals surface area contributed by atoms with Gasteiger partial charge in [-0.3, -0.25) is 0 Å². The highest BCUT2D eigenvalue weighted by Crippen LogP contribution is 2.05. The number of sulfonamides is 1. The molecule has 0 aromatic heterocycles. The van der Waals surface area contributed by atoms with Crippen LogP contribution in [0.1, 0.15) is 20.3 Å². The molecule has 0 aliphatic heterocycles. The highest BCUT2D eigenvalue weighted by molar-refractivity contribution is 9.09. The zero-order chi connectivity index (χ0) is 9.78. The lowest BCUT2D eigenvalue weighted by Gasteiger charge is -2.17. The highest BCUT2D eigenvalue weighted by Gasteiger charge is 2.17. The first-order chi connectivity index (χ1) is 5.40. The van der Waals surface area contributed by atoms with Crippen molar-refractivity contribution in [2.24, 2.45) is 0 Å². The fourth-order valence-corrected chi connectivity index (χ4v) is 2.79. The van der Waals surface area contributed by atoms with Crippen LogP contribution in [0.3, 0.4) is 0 Å². The first-order valence-electron chi connectivity index (χ1n) is 3.98. The van der Waals surface area contributed by atoms with E-state index in [4.69, 9.17) is 0 Å². The number of rotatable bonds is 5. The molecule has 0 heterocycles. The quantitative estimate of drug-likeness (QED) is 0.700. The molecule has 12 heavy (non-hydrogen) atoms. The summed E-state index contributed by atoms with van der Waals surface area (Å²) in [5.74, 6) is 0.239. The minimum atomic E-state index is -3.00. The fraction of sp³-hybridized carbons (Fsp3) is 1.00. The SMILES string of the molecule is CCCS(=O)(=O)N(C)CC(C)Br. The van der Waals surface area contributed by atoms with Gasteiger partial charge in [-0.2, -0.15) is 0 Å². The van der Waals surface area contributed by atoms with E-state index >= 15 is 0 Å². The van der Waals surface area contributed by atoms with E-state index in [2.05, 4.69) is 15.9 Å². The van der Waals surface area contributed by atoms with Gasteiger partial charge in [0.05, 0.1) is 5.75 Å². The molecule has 0 fully saturated rings. The van der Waals surface area contributed by atoms with Crippen LogP contribution >= 0.6 is 15.9 Å². The summed E-state index contributed by atoms with van der Waals surface area (Å²) in [5, 5.41) is 0. The molecule has 74 valence electrons. The minimum Gasteiger partial charge on any atom is -0.212 e. The average Bonchev–Trinajstić information content (AvgIpc) is 1.85. The Kier molecular flexibility index (Phi) is 5.36. The van der Waals surface area contributed by atoms with Gasteiger partial charge in [-0.1, -0.05) is 29.8 Å². The van der Waals surface area contributed by atoms with Gasteiger partial charge < -0.3 is 0 Å². The van der Waals surface area contributed by atoms with Crippen LogP contribution in [-0.4, -0.2) is 36.9 Å². The van der Waals surface area contributed by atoms with Gasteiger partial charge >= 0.3 is 0 Å². The van der Waals surface area contributed by atoms with Crippen molar-refractivity contribution in [2.45, 2.75) is 25.1 Å². The number of hydrogen-bond donors (Lipinski definition) is 0. The van der Waals surface area contributed by atoms with E-state index in [0.717, 1.165) is 0 Å². The van der Waals surface area contributed by atoms with Gasteiger partial charge in [-0.25, -0.2) is 12.7 Å². The smallest absolute Gasteiger partial charge is 0.212 e. The summed E-state index contributed by atoms with van der Waals surface area (Å²) >= 11 is 3.31. The fourth-order valence-electron chi connectivity index (χ4n) is 0.882. The zero-order valence-electron chi connectivity index (χ0n) is 7.75. The second-order valence-electron chi connectivity index (χ2n) is 2.88. The Morgan fingerprint density at radius 3 is 2.33 bits per heavy atom. The van der Waals surface area contributed by atoms with E-state index < -0.39 is 10.0 Å². The number of alkyl halides is 1. The Morgan fingerprint density at radius 2 is 2.00 bits per heavy atom. The van der Waals surface area contributed by atoms with Crippen molar-refractivity contribution in [3.8, 4) is 0 Å². The van der Waals surface area contributed by atoms with Crippen molar-refractivity contribution in [2.75, 3.05) is 19.3 Å². The average molecular weight is 258 g/mol. The van der Waals surface area contributed by atoms with E-state index in [1.165, 1.54) is 4.31 Å². The van der Waals surface area contributed by atoms with Crippen molar-refractivity contribution in [3.05, 3.63) is 0 Å². The highest BCUT2D eigenvalue weighted by atomic mass is 79.9. The summed E-state index contributed by atoms with van der Waals surface area (Å²) in [5.41, 5.74) is 0. The Hall–Kier alpha value is 0.390. The van der Waals surface area contributed by atoms with Crippen LogP contribution in [0, 0.1) is 0 Å². The van der Waals surface area contributed by atoms with Gasteiger partial charge in [0.2, 0.25) is 10.0 Å². The molecule has 0 N–H and O–H groups in total. The van der Waals surface area contributed by atoms with Gasteiger partial charge in [0, 0.05) is 18.4 Å². The first kappa shape index (κ1) is 12.4. The topological polar surface area (TPSA) is 37.4 Å². The maximum Gasteiger partial charge on any atom is 0.213 e. The maximum absolute atomic E-state index is 11.4. The third-order valence-electron chi connectivity index (χ3n) is 1.45. The van der Waals surface area contributed by atoms with Crippen LogP contribution in [0.5, 0.6) is 0 Å². The molecule has 0 rings (SSSR count). The summed E-state index contributed by atoms with van der Waals surface area (Å²) in [6, 6.07) is 0. The van der Waals surface area contributed by atoms with Gasteiger partial charge in [0.1, 0.15) is 0 Å². The van der Waals surface area contributed by atoms with Crippen LogP contribution in [0.4, 0.5) is 0 Å². The predicted octanol–water partition coefficient (Wildman–Crippen LogP) is 1.44. The predicted molar refractivity (Wildman–Crippen MR) is 55.1 cm³/mol. The molecule has 0 radical (unpaired) electrons. The van der Waals surface area contributed by atoms with Crippen molar-refractivity contribution in [1.29, 1.82) is 0 Å². The monoisotopic (exact) mass is 257 g/mol. The second kappa shape index (κ2) is 5.19. The molecule has 5 heteroatoms. The third kappa shape index (κ3) is 4.42. The number of nitrogens with zero attached hydrogens (tertiary/aromatic N) is 1. The van der Waals surface area contributed by atoms with Crippen molar-refractivity contribution < 1.29 is 8.42 Å². The van der Waals surface area contributed by atoms with Gasteiger partial charge in [0.15, 0.2) is 0 Å². The summed E-state index contributed by atoms with van der Waals surface area (Å²) in [7, 11) is -1.39. The molecule has 0 amide bonds. The molecule has 0 aliphatic rings. The maximum atomic E-state index is 11.4. The molecule has 3 nitrogen and oxygen atoms in total. The van der Waals surface area contributed by atoms with Crippen LogP contribution in [0.2, 0.25) is 0 Å². The van der Waals surface area contributed by atoms with Crippen LogP contribution in [0.15, 0.2) is 0 Å². The zero-order valence-corrected chi connectivity index (χ0v) is 10.2. The van der Waals surface area contributed by atoms with Gasteiger partial charge in [0.25, 0.3) is 0 Å². The van der Waals surface area contributed by atoms with Crippen LogP contribution in [-0.2, 0) is 10.0 Å². The number of halogens is 1. The Balaban J connectivity index is 4.16. The molecule has 1 unspecified atom stereocenters. The lowest BCUT2D eigenvalue weighted by atomic mass is 10.5. The Labute approximate surface area is 83.3 Å². The molecule has 0 aromatic carbocycles. The van der Waals surface area contributed by atoms with E-state index in [1.54, 1.807) is 7.05 Å². The van der Waals surface area contributed by atoms with Gasteiger partial charge in [-0.05, 0) is 6.42 Å². The molecule has 0 aliphatic carbocycles. The number of hydrogen-bond acceptors (Lipinski definition) is 2. The molecule has 0 bridgehead atoms.